The molecular weight excluding hydrogens is 140 g/mol. The van der Waals surface area contributed by atoms with Crippen molar-refractivity contribution in [2.24, 2.45) is 11.5 Å². The van der Waals surface area contributed by atoms with E-state index in [1.807, 2.05) is 0 Å². The standard InChI is InChI=1S/C8H20N2O/c1-2-3-4-5-8(9,10)6-7-11/h11H,2-7,9-10H2,1H3. The highest BCUT2D eigenvalue weighted by molar-refractivity contribution is 4.75. The molecule has 0 aliphatic rings. The van der Waals surface area contributed by atoms with Gasteiger partial charge in [0.2, 0.25) is 0 Å². The van der Waals surface area contributed by atoms with Crippen LogP contribution in [-0.2, 0) is 0 Å². The number of hydrogen-bond acceptors (Lipinski definition) is 3. The summed E-state index contributed by atoms with van der Waals surface area (Å²) in [7, 11) is 0. The molecule has 0 aromatic carbocycles. The minimum atomic E-state index is -0.649. The van der Waals surface area contributed by atoms with Crippen LogP contribution >= 0.6 is 0 Å². The SMILES string of the molecule is CCCCCC(N)(N)CCO. The van der Waals surface area contributed by atoms with E-state index < -0.39 is 5.66 Å². The summed E-state index contributed by atoms with van der Waals surface area (Å²) in [5, 5.41) is 8.60. The zero-order valence-electron chi connectivity index (χ0n) is 7.34. The molecule has 0 unspecified atom stereocenters. The molecule has 3 heteroatoms. The molecule has 0 rings (SSSR count). The molecule has 0 spiro atoms. The third-order valence-electron chi connectivity index (χ3n) is 1.82. The van der Waals surface area contributed by atoms with Crippen LogP contribution in [0.5, 0.6) is 0 Å². The van der Waals surface area contributed by atoms with Crippen LogP contribution in [0.1, 0.15) is 39.0 Å². The van der Waals surface area contributed by atoms with Gasteiger partial charge in [-0.2, -0.15) is 0 Å². The zero-order chi connectivity index (χ0) is 8.74. The van der Waals surface area contributed by atoms with E-state index in [9.17, 15) is 0 Å². The molecule has 0 bridgehead atoms. The second-order valence-corrected chi connectivity index (χ2v) is 3.16. The van der Waals surface area contributed by atoms with Crippen LogP contribution in [0, 0.1) is 0 Å². The maximum Gasteiger partial charge on any atom is 0.0658 e. The van der Waals surface area contributed by atoms with Crippen molar-refractivity contribution in [2.75, 3.05) is 6.61 Å². The van der Waals surface area contributed by atoms with Crippen LogP contribution in [0.15, 0.2) is 0 Å². The van der Waals surface area contributed by atoms with E-state index >= 15 is 0 Å². The average molecular weight is 160 g/mol. The Balaban J connectivity index is 3.38. The lowest BCUT2D eigenvalue weighted by Crippen LogP contribution is -2.49. The molecule has 0 aliphatic carbocycles. The number of aliphatic hydroxyl groups excluding tert-OH is 1. The second-order valence-electron chi connectivity index (χ2n) is 3.16. The molecule has 3 nitrogen and oxygen atoms in total. The minimum Gasteiger partial charge on any atom is -0.396 e. The topological polar surface area (TPSA) is 72.3 Å². The molecule has 0 atom stereocenters. The first kappa shape index (κ1) is 10.9. The average Bonchev–Trinajstić information content (AvgIpc) is 1.87. The zero-order valence-corrected chi connectivity index (χ0v) is 7.34. The molecule has 11 heavy (non-hydrogen) atoms. The lowest BCUT2D eigenvalue weighted by atomic mass is 10.0. The summed E-state index contributed by atoms with van der Waals surface area (Å²) in [4.78, 5) is 0. The quantitative estimate of drug-likeness (QED) is 0.393. The van der Waals surface area contributed by atoms with Crippen molar-refractivity contribution in [1.29, 1.82) is 0 Å². The van der Waals surface area contributed by atoms with Crippen LogP contribution in [0.25, 0.3) is 0 Å². The van der Waals surface area contributed by atoms with E-state index in [0.29, 0.717) is 6.42 Å². The fourth-order valence-corrected chi connectivity index (χ4v) is 1.04. The van der Waals surface area contributed by atoms with Gasteiger partial charge in [-0.15, -0.1) is 0 Å². The third-order valence-corrected chi connectivity index (χ3v) is 1.82. The Hall–Kier alpha value is -0.120. The summed E-state index contributed by atoms with van der Waals surface area (Å²) in [6.45, 7) is 2.22. The fraction of sp³-hybridized carbons (Fsp3) is 1.00. The number of unbranched alkanes of at least 4 members (excludes halogenated alkanes) is 2. The maximum atomic E-state index is 8.60. The molecule has 0 saturated carbocycles. The van der Waals surface area contributed by atoms with E-state index in [0.717, 1.165) is 12.8 Å². The van der Waals surface area contributed by atoms with Crippen LogP contribution in [0.4, 0.5) is 0 Å². The van der Waals surface area contributed by atoms with Gasteiger partial charge < -0.3 is 16.6 Å². The van der Waals surface area contributed by atoms with Crippen molar-refractivity contribution in [3.8, 4) is 0 Å². The molecule has 5 N–H and O–H groups in total. The number of hydrogen-bond donors (Lipinski definition) is 3. The highest BCUT2D eigenvalue weighted by Crippen LogP contribution is 2.09. The first-order valence-electron chi connectivity index (χ1n) is 4.31. The number of rotatable bonds is 6. The van der Waals surface area contributed by atoms with E-state index in [1.54, 1.807) is 0 Å². The summed E-state index contributed by atoms with van der Waals surface area (Å²) >= 11 is 0. The summed E-state index contributed by atoms with van der Waals surface area (Å²) in [5.41, 5.74) is 10.7. The van der Waals surface area contributed by atoms with E-state index in [-0.39, 0.29) is 6.61 Å². The van der Waals surface area contributed by atoms with Gasteiger partial charge in [0.15, 0.2) is 0 Å². The normalized spacial score (nSPS) is 12.0. The van der Waals surface area contributed by atoms with E-state index in [1.165, 1.54) is 12.8 Å². The molecule has 0 heterocycles. The number of aliphatic hydroxyl groups is 1. The van der Waals surface area contributed by atoms with E-state index in [2.05, 4.69) is 6.92 Å². The second kappa shape index (κ2) is 5.52. The van der Waals surface area contributed by atoms with Crippen molar-refractivity contribution in [1.82, 2.24) is 0 Å². The molecule has 0 aromatic heterocycles. The Morgan fingerprint density at radius 2 is 1.82 bits per heavy atom. The van der Waals surface area contributed by atoms with Gasteiger partial charge >= 0.3 is 0 Å². The lowest BCUT2D eigenvalue weighted by molar-refractivity contribution is 0.231. The van der Waals surface area contributed by atoms with Crippen LogP contribution in [0.3, 0.4) is 0 Å². The van der Waals surface area contributed by atoms with Gasteiger partial charge in [0.05, 0.1) is 5.66 Å². The van der Waals surface area contributed by atoms with Crippen molar-refractivity contribution in [3.05, 3.63) is 0 Å². The van der Waals surface area contributed by atoms with Gasteiger partial charge in [-0.05, 0) is 6.42 Å². The first-order chi connectivity index (χ1) is 5.12. The smallest absolute Gasteiger partial charge is 0.0658 e. The van der Waals surface area contributed by atoms with E-state index in [4.69, 9.17) is 16.6 Å². The third kappa shape index (κ3) is 6.28. The Morgan fingerprint density at radius 3 is 2.27 bits per heavy atom. The molecule has 0 aliphatic heterocycles. The van der Waals surface area contributed by atoms with Crippen molar-refractivity contribution in [2.45, 2.75) is 44.7 Å². The Bertz CT molecular complexity index is 94.1. The summed E-state index contributed by atoms with van der Waals surface area (Å²) < 4.78 is 0. The molecule has 0 saturated heterocycles. The molecule has 0 fully saturated rings. The Kier molecular flexibility index (Phi) is 5.46. The maximum absolute atomic E-state index is 8.60. The molecular formula is C8H20N2O. The van der Waals surface area contributed by atoms with Gasteiger partial charge in [-0.25, -0.2) is 0 Å². The van der Waals surface area contributed by atoms with Gasteiger partial charge in [0, 0.05) is 13.0 Å². The van der Waals surface area contributed by atoms with Crippen molar-refractivity contribution >= 4 is 0 Å². The van der Waals surface area contributed by atoms with Crippen molar-refractivity contribution < 1.29 is 5.11 Å². The summed E-state index contributed by atoms with van der Waals surface area (Å²) in [6.07, 6.45) is 4.71. The van der Waals surface area contributed by atoms with Gasteiger partial charge in [-0.3, -0.25) is 0 Å². The van der Waals surface area contributed by atoms with Crippen LogP contribution < -0.4 is 11.5 Å². The largest absolute Gasteiger partial charge is 0.396 e. The van der Waals surface area contributed by atoms with Gasteiger partial charge in [0.1, 0.15) is 0 Å². The monoisotopic (exact) mass is 160 g/mol. The molecule has 68 valence electrons. The van der Waals surface area contributed by atoms with Crippen LogP contribution in [-0.4, -0.2) is 17.4 Å². The minimum absolute atomic E-state index is 0.0825. The fourth-order valence-electron chi connectivity index (χ4n) is 1.04. The summed E-state index contributed by atoms with van der Waals surface area (Å²) in [5.74, 6) is 0. The van der Waals surface area contributed by atoms with Crippen LogP contribution in [0.2, 0.25) is 0 Å². The predicted molar refractivity (Wildman–Crippen MR) is 47.0 cm³/mol. The summed E-state index contributed by atoms with van der Waals surface area (Å²) in [6, 6.07) is 0. The Labute approximate surface area is 68.8 Å². The highest BCUT2D eigenvalue weighted by atomic mass is 16.3. The first-order valence-corrected chi connectivity index (χ1v) is 4.31. The highest BCUT2D eigenvalue weighted by Gasteiger charge is 2.16. The van der Waals surface area contributed by atoms with Gasteiger partial charge in [-0.1, -0.05) is 26.2 Å². The lowest BCUT2D eigenvalue weighted by Gasteiger charge is -2.23. The predicted octanol–water partition coefficient (Wildman–Crippen LogP) is 0.563. The van der Waals surface area contributed by atoms with Gasteiger partial charge in [0.25, 0.3) is 0 Å². The molecule has 0 aromatic rings. The molecule has 0 radical (unpaired) electrons. The van der Waals surface area contributed by atoms with Crippen molar-refractivity contribution in [3.63, 3.8) is 0 Å². The number of nitrogens with two attached hydrogens (primary N) is 2. The Morgan fingerprint density at radius 1 is 1.18 bits per heavy atom. The molecule has 0 amide bonds.